The Morgan fingerprint density at radius 3 is 2.72 bits per heavy atom. The van der Waals surface area contributed by atoms with Gasteiger partial charge in [-0.2, -0.15) is 0 Å². The molecule has 1 N–H and O–H groups in total. The molecule has 1 heterocycles. The first-order valence-electron chi connectivity index (χ1n) is 5.85. The molecule has 18 heavy (non-hydrogen) atoms. The van der Waals surface area contributed by atoms with Crippen LogP contribution in [0.15, 0.2) is 34.1 Å². The summed E-state index contributed by atoms with van der Waals surface area (Å²) < 4.78 is 1.01. The van der Waals surface area contributed by atoms with Gasteiger partial charge in [0.2, 0.25) is 0 Å². The monoisotopic (exact) mass is 343 g/mol. The van der Waals surface area contributed by atoms with Crippen LogP contribution in [0.5, 0.6) is 0 Å². The predicted octanol–water partition coefficient (Wildman–Crippen LogP) is 5.17. The minimum atomic E-state index is 0.205. The molecule has 1 unspecified atom stereocenters. The van der Waals surface area contributed by atoms with Gasteiger partial charge in [0.1, 0.15) is 0 Å². The van der Waals surface area contributed by atoms with Gasteiger partial charge in [-0.15, -0.1) is 11.3 Å². The molecule has 0 aliphatic heterocycles. The van der Waals surface area contributed by atoms with Crippen molar-refractivity contribution in [3.05, 3.63) is 55.1 Å². The molecule has 0 bridgehead atoms. The molecule has 4 heteroatoms. The Bertz CT molecular complexity index is 518. The Kier molecular flexibility index (Phi) is 4.84. The molecule has 0 aliphatic rings. The van der Waals surface area contributed by atoms with Crippen LogP contribution >= 0.6 is 38.9 Å². The molecule has 0 spiro atoms. The molecule has 0 saturated carbocycles. The first-order chi connectivity index (χ1) is 8.61. The van der Waals surface area contributed by atoms with Gasteiger partial charge in [-0.05, 0) is 54.2 Å². The van der Waals surface area contributed by atoms with Crippen LogP contribution < -0.4 is 5.32 Å². The zero-order valence-electron chi connectivity index (χ0n) is 10.3. The fourth-order valence-electron chi connectivity index (χ4n) is 2.05. The highest BCUT2D eigenvalue weighted by atomic mass is 79.9. The Labute approximate surface area is 125 Å². The third-order valence-electron chi connectivity index (χ3n) is 2.84. The lowest BCUT2D eigenvalue weighted by molar-refractivity contribution is 0.630. The van der Waals surface area contributed by atoms with Gasteiger partial charge in [0, 0.05) is 14.4 Å². The Balaban J connectivity index is 2.44. The summed E-state index contributed by atoms with van der Waals surface area (Å²) in [6.45, 7) is 5.20. The van der Waals surface area contributed by atoms with Gasteiger partial charge in [-0.3, -0.25) is 0 Å². The van der Waals surface area contributed by atoms with Crippen molar-refractivity contribution in [1.82, 2.24) is 5.32 Å². The van der Waals surface area contributed by atoms with Crippen LogP contribution in [0.1, 0.15) is 29.0 Å². The third kappa shape index (κ3) is 3.15. The zero-order chi connectivity index (χ0) is 13.1. The molecule has 0 saturated heterocycles. The van der Waals surface area contributed by atoms with Crippen molar-refractivity contribution in [3.8, 4) is 0 Å². The van der Waals surface area contributed by atoms with E-state index in [1.165, 1.54) is 16.0 Å². The lowest BCUT2D eigenvalue weighted by atomic mass is 9.99. The van der Waals surface area contributed by atoms with Crippen molar-refractivity contribution >= 4 is 38.9 Å². The second kappa shape index (κ2) is 6.20. The normalized spacial score (nSPS) is 12.7. The number of halogens is 2. The van der Waals surface area contributed by atoms with E-state index in [0.29, 0.717) is 0 Å². The summed E-state index contributed by atoms with van der Waals surface area (Å²) in [7, 11) is 0. The number of hydrogen-bond donors (Lipinski definition) is 1. The van der Waals surface area contributed by atoms with Crippen LogP contribution in [0, 0.1) is 6.92 Å². The predicted molar refractivity (Wildman–Crippen MR) is 83.7 cm³/mol. The Hall–Kier alpha value is -0.350. The summed E-state index contributed by atoms with van der Waals surface area (Å²) in [4.78, 5) is 1.34. The first kappa shape index (κ1) is 14.1. The highest BCUT2D eigenvalue weighted by molar-refractivity contribution is 9.10. The van der Waals surface area contributed by atoms with E-state index in [2.05, 4.69) is 52.6 Å². The average molecular weight is 345 g/mol. The average Bonchev–Trinajstić information content (AvgIpc) is 2.71. The Morgan fingerprint density at radius 2 is 2.17 bits per heavy atom. The molecule has 1 atom stereocenters. The molecule has 0 radical (unpaired) electrons. The lowest BCUT2D eigenvalue weighted by Gasteiger charge is -2.19. The molecule has 0 aliphatic carbocycles. The van der Waals surface area contributed by atoms with E-state index in [4.69, 9.17) is 11.6 Å². The number of hydrogen-bond acceptors (Lipinski definition) is 2. The quantitative estimate of drug-likeness (QED) is 0.806. The maximum absolute atomic E-state index is 6.14. The molecule has 1 aromatic carbocycles. The van der Waals surface area contributed by atoms with Crippen LogP contribution in [0.25, 0.3) is 0 Å². The van der Waals surface area contributed by atoms with Crippen molar-refractivity contribution in [2.75, 3.05) is 6.54 Å². The van der Waals surface area contributed by atoms with Crippen molar-refractivity contribution in [3.63, 3.8) is 0 Å². The van der Waals surface area contributed by atoms with Gasteiger partial charge in [0.05, 0.1) is 6.04 Å². The van der Waals surface area contributed by atoms with Gasteiger partial charge in [-0.1, -0.05) is 34.5 Å². The molecular formula is C14H15BrClNS. The van der Waals surface area contributed by atoms with Crippen LogP contribution in [-0.4, -0.2) is 6.54 Å². The van der Waals surface area contributed by atoms with Gasteiger partial charge in [0.15, 0.2) is 0 Å². The number of benzene rings is 1. The molecule has 2 rings (SSSR count). The van der Waals surface area contributed by atoms with Crippen molar-refractivity contribution in [2.45, 2.75) is 19.9 Å². The minimum Gasteiger partial charge on any atom is -0.306 e. The van der Waals surface area contributed by atoms with E-state index in [1.54, 1.807) is 11.3 Å². The molecule has 96 valence electrons. The fourth-order valence-corrected chi connectivity index (χ4v) is 3.67. The second-order valence-electron chi connectivity index (χ2n) is 4.13. The van der Waals surface area contributed by atoms with Crippen LogP contribution in [0.4, 0.5) is 0 Å². The lowest BCUT2D eigenvalue weighted by Crippen LogP contribution is -2.22. The van der Waals surface area contributed by atoms with E-state index in [9.17, 15) is 0 Å². The highest BCUT2D eigenvalue weighted by Crippen LogP contribution is 2.31. The number of thiophene rings is 1. The van der Waals surface area contributed by atoms with Gasteiger partial charge in [0.25, 0.3) is 0 Å². The molecule has 0 amide bonds. The standard InChI is InChI=1S/C14H15BrClNS/c1-3-17-14(13-4-5-18-9(13)2)10-6-11(15)8-12(16)7-10/h4-8,14,17H,3H2,1-2H3. The van der Waals surface area contributed by atoms with Crippen molar-refractivity contribution in [2.24, 2.45) is 0 Å². The van der Waals surface area contributed by atoms with Crippen molar-refractivity contribution < 1.29 is 0 Å². The van der Waals surface area contributed by atoms with E-state index in [0.717, 1.165) is 16.0 Å². The van der Waals surface area contributed by atoms with Gasteiger partial charge in [-0.25, -0.2) is 0 Å². The maximum Gasteiger partial charge on any atom is 0.0588 e. The minimum absolute atomic E-state index is 0.205. The topological polar surface area (TPSA) is 12.0 Å². The summed E-state index contributed by atoms with van der Waals surface area (Å²) in [5.74, 6) is 0. The smallest absolute Gasteiger partial charge is 0.0588 e. The second-order valence-corrected chi connectivity index (χ2v) is 6.60. The number of rotatable bonds is 4. The van der Waals surface area contributed by atoms with Crippen LogP contribution in [0.2, 0.25) is 5.02 Å². The van der Waals surface area contributed by atoms with E-state index >= 15 is 0 Å². The van der Waals surface area contributed by atoms with E-state index in [1.807, 2.05) is 12.1 Å². The SMILES string of the molecule is CCNC(c1cc(Cl)cc(Br)c1)c1ccsc1C. The highest BCUT2D eigenvalue weighted by Gasteiger charge is 2.16. The first-order valence-corrected chi connectivity index (χ1v) is 7.90. The number of aryl methyl sites for hydroxylation is 1. The molecule has 0 fully saturated rings. The largest absolute Gasteiger partial charge is 0.306 e. The van der Waals surface area contributed by atoms with Gasteiger partial charge >= 0.3 is 0 Å². The molecule has 1 aromatic heterocycles. The fraction of sp³-hybridized carbons (Fsp3) is 0.286. The Morgan fingerprint density at radius 1 is 1.39 bits per heavy atom. The summed E-state index contributed by atoms with van der Waals surface area (Å²) in [6.07, 6.45) is 0. The third-order valence-corrected chi connectivity index (χ3v) is 4.37. The zero-order valence-corrected chi connectivity index (χ0v) is 13.5. The van der Waals surface area contributed by atoms with Gasteiger partial charge < -0.3 is 5.32 Å². The van der Waals surface area contributed by atoms with Crippen LogP contribution in [0.3, 0.4) is 0 Å². The molecule has 2 aromatic rings. The summed E-state index contributed by atoms with van der Waals surface area (Å²) in [5, 5.41) is 6.42. The maximum atomic E-state index is 6.14. The van der Waals surface area contributed by atoms with E-state index in [-0.39, 0.29) is 6.04 Å². The summed E-state index contributed by atoms with van der Waals surface area (Å²) in [5.41, 5.74) is 2.52. The molecule has 1 nitrogen and oxygen atoms in total. The van der Waals surface area contributed by atoms with E-state index < -0.39 is 0 Å². The summed E-state index contributed by atoms with van der Waals surface area (Å²) in [6, 6.07) is 8.44. The van der Waals surface area contributed by atoms with Crippen LogP contribution in [-0.2, 0) is 0 Å². The van der Waals surface area contributed by atoms with Crippen molar-refractivity contribution in [1.29, 1.82) is 0 Å². The number of nitrogens with one attached hydrogen (secondary N) is 1. The molecular weight excluding hydrogens is 330 g/mol. The summed E-state index contributed by atoms with van der Waals surface area (Å²) >= 11 is 11.4.